The highest BCUT2D eigenvalue weighted by Crippen LogP contribution is 2.31. The van der Waals surface area contributed by atoms with Gasteiger partial charge in [0, 0.05) is 17.0 Å². The number of halogens is 2. The van der Waals surface area contributed by atoms with Gasteiger partial charge in [0.15, 0.2) is 5.76 Å². The zero-order valence-electron chi connectivity index (χ0n) is 17.1. The van der Waals surface area contributed by atoms with Crippen LogP contribution in [0.5, 0.6) is 0 Å². The van der Waals surface area contributed by atoms with Gasteiger partial charge in [-0.25, -0.2) is 0 Å². The van der Waals surface area contributed by atoms with E-state index >= 15 is 0 Å². The fourth-order valence-corrected chi connectivity index (χ4v) is 3.44. The Morgan fingerprint density at radius 3 is 2.47 bits per heavy atom. The largest absolute Gasteiger partial charge is 0.468 e. The second-order valence-electron chi connectivity index (χ2n) is 6.80. The summed E-state index contributed by atoms with van der Waals surface area (Å²) in [4.78, 5) is 36.8. The quantitative estimate of drug-likeness (QED) is 0.482. The molecule has 166 valence electrons. The lowest BCUT2D eigenvalue weighted by Crippen LogP contribution is -2.49. The Labute approximate surface area is 194 Å². The summed E-state index contributed by atoms with van der Waals surface area (Å²) in [6, 6.07) is 16.2. The summed E-state index contributed by atoms with van der Waals surface area (Å²) in [6.07, 6.45) is 0.218. The van der Waals surface area contributed by atoms with Crippen LogP contribution in [0.25, 0.3) is 11.3 Å². The van der Waals surface area contributed by atoms with Crippen molar-refractivity contribution in [3.8, 4) is 11.3 Å². The topological polar surface area (TPSA) is 97.6 Å². The van der Waals surface area contributed by atoms with Crippen molar-refractivity contribution in [2.45, 2.75) is 12.5 Å². The first kappa shape index (κ1) is 23.4. The number of methoxy groups -OCH3 is 1. The zero-order chi connectivity index (χ0) is 23.1. The summed E-state index contributed by atoms with van der Waals surface area (Å²) >= 11 is 12.1. The maximum atomic E-state index is 12.8. The van der Waals surface area contributed by atoms with Crippen LogP contribution in [-0.4, -0.2) is 37.5 Å². The average Bonchev–Trinajstić information content (AvgIpc) is 3.27. The Hall–Kier alpha value is -3.29. The van der Waals surface area contributed by atoms with E-state index in [-0.39, 0.29) is 18.7 Å². The Balaban J connectivity index is 1.76. The third-order valence-corrected chi connectivity index (χ3v) is 5.11. The van der Waals surface area contributed by atoms with Crippen molar-refractivity contribution in [1.82, 2.24) is 10.6 Å². The van der Waals surface area contributed by atoms with Crippen molar-refractivity contribution in [3.05, 3.63) is 82.0 Å². The van der Waals surface area contributed by atoms with Crippen LogP contribution < -0.4 is 10.6 Å². The Bertz CT molecular complexity index is 1110. The highest BCUT2D eigenvalue weighted by atomic mass is 35.5. The first-order valence-corrected chi connectivity index (χ1v) is 10.4. The Morgan fingerprint density at radius 2 is 1.78 bits per heavy atom. The minimum atomic E-state index is -0.942. The lowest BCUT2D eigenvalue weighted by atomic mass is 10.1. The zero-order valence-corrected chi connectivity index (χ0v) is 18.6. The molecule has 9 heteroatoms. The van der Waals surface area contributed by atoms with Crippen LogP contribution in [0.2, 0.25) is 10.0 Å². The molecule has 1 atom stereocenters. The highest BCUT2D eigenvalue weighted by Gasteiger charge is 2.24. The predicted molar refractivity (Wildman–Crippen MR) is 121 cm³/mol. The highest BCUT2D eigenvalue weighted by molar-refractivity contribution is 6.36. The van der Waals surface area contributed by atoms with Crippen molar-refractivity contribution in [2.75, 3.05) is 13.7 Å². The average molecular weight is 475 g/mol. The van der Waals surface area contributed by atoms with Gasteiger partial charge in [-0.1, -0.05) is 53.5 Å². The van der Waals surface area contributed by atoms with Gasteiger partial charge < -0.3 is 19.8 Å². The molecule has 1 heterocycles. The summed E-state index contributed by atoms with van der Waals surface area (Å²) in [5.41, 5.74) is 1.41. The number of carbonyl (C=O) groups excluding carboxylic acids is 3. The number of nitrogens with one attached hydrogen (secondary N) is 2. The van der Waals surface area contributed by atoms with E-state index in [0.717, 1.165) is 5.56 Å². The number of rotatable bonds is 8. The molecule has 3 aromatic rings. The molecule has 0 saturated carbocycles. The van der Waals surface area contributed by atoms with Crippen molar-refractivity contribution >= 4 is 41.0 Å². The molecule has 2 aromatic carbocycles. The molecular formula is C23H20Cl2N2O5. The van der Waals surface area contributed by atoms with Crippen molar-refractivity contribution in [3.63, 3.8) is 0 Å². The Kier molecular flexibility index (Phi) is 7.92. The molecule has 2 amide bonds. The molecule has 0 radical (unpaired) electrons. The second-order valence-corrected chi connectivity index (χ2v) is 7.64. The first-order chi connectivity index (χ1) is 15.4. The van der Waals surface area contributed by atoms with E-state index in [1.807, 2.05) is 30.3 Å². The molecule has 2 N–H and O–H groups in total. The van der Waals surface area contributed by atoms with Gasteiger partial charge in [0.1, 0.15) is 18.3 Å². The molecule has 7 nitrogen and oxygen atoms in total. The minimum Gasteiger partial charge on any atom is -0.468 e. The molecule has 0 aliphatic heterocycles. The summed E-state index contributed by atoms with van der Waals surface area (Å²) in [6.45, 7) is -0.309. The maximum Gasteiger partial charge on any atom is 0.325 e. The molecule has 32 heavy (non-hydrogen) atoms. The molecule has 1 aromatic heterocycles. The first-order valence-electron chi connectivity index (χ1n) is 9.62. The van der Waals surface area contributed by atoms with Crippen molar-refractivity contribution in [2.24, 2.45) is 0 Å². The van der Waals surface area contributed by atoms with Gasteiger partial charge in [0.05, 0.1) is 12.1 Å². The van der Waals surface area contributed by atoms with Gasteiger partial charge in [-0.2, -0.15) is 0 Å². The number of carbonyl (C=O) groups is 3. The molecule has 0 spiro atoms. The van der Waals surface area contributed by atoms with Crippen LogP contribution >= 0.6 is 23.2 Å². The van der Waals surface area contributed by atoms with E-state index in [2.05, 4.69) is 15.4 Å². The minimum absolute atomic E-state index is 0.00449. The van der Waals surface area contributed by atoms with E-state index in [9.17, 15) is 14.4 Å². The monoisotopic (exact) mass is 474 g/mol. The maximum absolute atomic E-state index is 12.8. The van der Waals surface area contributed by atoms with Gasteiger partial charge in [0.25, 0.3) is 5.91 Å². The van der Waals surface area contributed by atoms with Crippen LogP contribution in [0.4, 0.5) is 0 Å². The summed E-state index contributed by atoms with van der Waals surface area (Å²) in [7, 11) is 1.22. The smallest absolute Gasteiger partial charge is 0.325 e. The van der Waals surface area contributed by atoms with E-state index in [1.54, 1.807) is 24.3 Å². The molecule has 0 fully saturated rings. The predicted octanol–water partition coefficient (Wildman–Crippen LogP) is 3.88. The Morgan fingerprint density at radius 1 is 1.03 bits per heavy atom. The molecular weight excluding hydrogens is 455 g/mol. The van der Waals surface area contributed by atoms with Crippen LogP contribution in [0.1, 0.15) is 16.1 Å². The van der Waals surface area contributed by atoms with Gasteiger partial charge >= 0.3 is 5.97 Å². The van der Waals surface area contributed by atoms with Crippen molar-refractivity contribution in [1.29, 1.82) is 0 Å². The van der Waals surface area contributed by atoms with Crippen LogP contribution in [0, 0.1) is 0 Å². The normalized spacial score (nSPS) is 11.5. The van der Waals surface area contributed by atoms with Gasteiger partial charge in [-0.15, -0.1) is 0 Å². The van der Waals surface area contributed by atoms with E-state index in [4.69, 9.17) is 27.6 Å². The number of ether oxygens (including phenoxy) is 1. The van der Waals surface area contributed by atoms with Crippen molar-refractivity contribution < 1.29 is 23.5 Å². The number of hydrogen-bond acceptors (Lipinski definition) is 5. The van der Waals surface area contributed by atoms with E-state index in [0.29, 0.717) is 21.4 Å². The third kappa shape index (κ3) is 6.12. The summed E-state index contributed by atoms with van der Waals surface area (Å²) in [5, 5.41) is 5.98. The number of hydrogen-bond donors (Lipinski definition) is 2. The van der Waals surface area contributed by atoms with E-state index < -0.39 is 23.8 Å². The van der Waals surface area contributed by atoms with Crippen LogP contribution in [0.15, 0.2) is 65.1 Å². The second kappa shape index (κ2) is 10.8. The number of furan rings is 1. The SMILES string of the molecule is COC(=O)CNC(=O)C(Cc1ccccc1)NC(=O)c1ccc(-c2ccc(Cl)cc2Cl)o1. The fourth-order valence-electron chi connectivity index (χ4n) is 2.94. The van der Waals surface area contributed by atoms with Crippen LogP contribution in [0.3, 0.4) is 0 Å². The standard InChI is InChI=1S/C23H20Cl2N2O5/c1-31-21(28)13-26-22(29)18(11-14-5-3-2-4-6-14)27-23(30)20-10-9-19(32-20)16-8-7-15(24)12-17(16)25/h2-10,12,18H,11,13H2,1H3,(H,26,29)(H,27,30). The van der Waals surface area contributed by atoms with Crippen LogP contribution in [-0.2, 0) is 20.7 Å². The number of amides is 2. The lowest BCUT2D eigenvalue weighted by molar-refractivity contribution is -0.141. The third-order valence-electron chi connectivity index (χ3n) is 4.57. The van der Waals surface area contributed by atoms with Gasteiger partial charge in [0.2, 0.25) is 5.91 Å². The number of benzene rings is 2. The van der Waals surface area contributed by atoms with E-state index in [1.165, 1.54) is 13.2 Å². The van der Waals surface area contributed by atoms with Gasteiger partial charge in [-0.3, -0.25) is 14.4 Å². The fraction of sp³-hybridized carbons (Fsp3) is 0.174. The molecule has 0 aliphatic rings. The molecule has 3 rings (SSSR count). The summed E-state index contributed by atoms with van der Waals surface area (Å²) < 4.78 is 10.2. The molecule has 0 aliphatic carbocycles. The molecule has 1 unspecified atom stereocenters. The molecule has 0 bridgehead atoms. The summed E-state index contributed by atoms with van der Waals surface area (Å²) in [5.74, 6) is -1.33. The van der Waals surface area contributed by atoms with Gasteiger partial charge in [-0.05, 0) is 35.9 Å². The number of esters is 1. The molecule has 0 saturated heterocycles. The lowest BCUT2D eigenvalue weighted by Gasteiger charge is -2.18.